The summed E-state index contributed by atoms with van der Waals surface area (Å²) in [5.74, 6) is -3.29. The molecule has 2 aromatic heterocycles. The number of hydrogen-bond acceptors (Lipinski definition) is 10. The number of amides is 5. The van der Waals surface area contributed by atoms with E-state index >= 15 is 0 Å². The number of nitriles is 2. The van der Waals surface area contributed by atoms with Crippen LogP contribution >= 0.6 is 0 Å². The standard InChI is InChI=1S/C33H26F3N9O5/c1-32(2,31(50)41-20-8-24(33(34,35)36)25(11-38)39-13-20)44-14-17(12-40-44)7-18(10-37)19-15-43(16-19)21-3-4-22-23(9-21)30(49)45(29(22)48)26-5-6-27(46)42-28(26)47/h3-4,7-9,12-14,19,26H,5-6,15-16H2,1-2H3,(H,41,50)(H,42,46,47)/b18-7+. The van der Waals surface area contributed by atoms with Crippen molar-refractivity contribution < 1.29 is 37.1 Å². The molecule has 17 heteroatoms. The summed E-state index contributed by atoms with van der Waals surface area (Å²) < 4.78 is 41.4. The Hall–Kier alpha value is -6.36. The van der Waals surface area contributed by atoms with Crippen molar-refractivity contribution in [3.05, 3.63) is 76.4 Å². The predicted molar refractivity (Wildman–Crippen MR) is 167 cm³/mol. The molecule has 0 radical (unpaired) electrons. The fraction of sp³-hybridized carbons (Fsp3) is 0.303. The number of anilines is 2. The molecule has 14 nitrogen and oxygen atoms in total. The molecule has 3 aliphatic rings. The van der Waals surface area contributed by atoms with Gasteiger partial charge in [-0.2, -0.15) is 28.8 Å². The van der Waals surface area contributed by atoms with Gasteiger partial charge in [-0.05, 0) is 50.6 Å². The van der Waals surface area contributed by atoms with Crippen molar-refractivity contribution in [2.45, 2.75) is 44.4 Å². The van der Waals surface area contributed by atoms with Gasteiger partial charge < -0.3 is 10.2 Å². The van der Waals surface area contributed by atoms with Crippen LogP contribution in [0.1, 0.15) is 64.2 Å². The lowest BCUT2D eigenvalue weighted by molar-refractivity contribution is -0.138. The van der Waals surface area contributed by atoms with Gasteiger partial charge >= 0.3 is 6.18 Å². The molecule has 254 valence electrons. The van der Waals surface area contributed by atoms with Crippen LogP contribution < -0.4 is 15.5 Å². The zero-order valence-corrected chi connectivity index (χ0v) is 26.4. The van der Waals surface area contributed by atoms with Crippen LogP contribution in [0.5, 0.6) is 0 Å². The number of imide groups is 2. The molecule has 1 atom stereocenters. The maximum absolute atomic E-state index is 13.4. The Kier molecular flexibility index (Phi) is 8.23. The summed E-state index contributed by atoms with van der Waals surface area (Å²) in [5.41, 5.74) is -1.89. The fourth-order valence-electron chi connectivity index (χ4n) is 5.91. The first-order valence-electron chi connectivity index (χ1n) is 15.2. The largest absolute Gasteiger partial charge is 0.419 e. The second kappa shape index (κ2) is 12.3. The van der Waals surface area contributed by atoms with Gasteiger partial charge in [-0.25, -0.2) is 4.98 Å². The van der Waals surface area contributed by atoms with Crippen LogP contribution in [0.2, 0.25) is 0 Å². The maximum atomic E-state index is 13.4. The molecule has 3 aliphatic heterocycles. The van der Waals surface area contributed by atoms with Gasteiger partial charge in [-0.1, -0.05) is 0 Å². The van der Waals surface area contributed by atoms with Gasteiger partial charge in [0.1, 0.15) is 17.6 Å². The number of alkyl halides is 3. The Labute approximate surface area is 281 Å². The SMILES string of the molecule is CC(C)(C(=O)Nc1cnc(C#N)c(C(F)(F)F)c1)n1cc(/C=C(\C#N)C2CN(c3ccc4c(c3)C(=O)N(C3CCC(=O)NC3=O)C4=O)C2)cn1. The number of rotatable bonds is 7. The number of carbonyl (C=O) groups is 5. The highest BCUT2D eigenvalue weighted by Crippen LogP contribution is 2.36. The predicted octanol–water partition coefficient (Wildman–Crippen LogP) is 2.99. The third-order valence-corrected chi connectivity index (χ3v) is 8.85. The van der Waals surface area contributed by atoms with E-state index in [-0.39, 0.29) is 35.6 Å². The Balaban J connectivity index is 1.11. The molecular weight excluding hydrogens is 659 g/mol. The lowest BCUT2D eigenvalue weighted by atomic mass is 9.90. The molecule has 3 aromatic rings. The number of halogens is 3. The van der Waals surface area contributed by atoms with Crippen LogP contribution in [0.15, 0.2) is 48.4 Å². The highest BCUT2D eigenvalue weighted by atomic mass is 19.4. The van der Waals surface area contributed by atoms with E-state index in [4.69, 9.17) is 5.26 Å². The minimum atomic E-state index is -4.85. The van der Waals surface area contributed by atoms with Gasteiger partial charge in [0.05, 0.1) is 40.8 Å². The minimum Gasteiger partial charge on any atom is -0.370 e. The highest BCUT2D eigenvalue weighted by molar-refractivity contribution is 6.23. The van der Waals surface area contributed by atoms with E-state index in [1.165, 1.54) is 43.1 Å². The first-order valence-corrected chi connectivity index (χ1v) is 15.2. The number of aromatic nitrogens is 3. The van der Waals surface area contributed by atoms with Gasteiger partial charge in [0.25, 0.3) is 17.7 Å². The van der Waals surface area contributed by atoms with Crippen molar-refractivity contribution in [3.63, 3.8) is 0 Å². The van der Waals surface area contributed by atoms with Crippen molar-refractivity contribution in [3.8, 4) is 12.1 Å². The molecule has 2 saturated heterocycles. The number of hydrogen-bond donors (Lipinski definition) is 2. The summed E-state index contributed by atoms with van der Waals surface area (Å²) in [6.07, 6.45) is 0.730. The van der Waals surface area contributed by atoms with E-state index in [9.17, 15) is 42.4 Å². The Morgan fingerprint density at radius 2 is 1.78 bits per heavy atom. The van der Waals surface area contributed by atoms with E-state index in [1.807, 2.05) is 4.90 Å². The van der Waals surface area contributed by atoms with Crippen LogP contribution in [-0.4, -0.2) is 68.3 Å². The number of nitrogens with zero attached hydrogens (tertiary/aromatic N) is 7. The molecule has 2 N–H and O–H groups in total. The van der Waals surface area contributed by atoms with E-state index in [1.54, 1.807) is 18.2 Å². The normalized spacial score (nSPS) is 18.3. The summed E-state index contributed by atoms with van der Waals surface area (Å²) in [5, 5.41) is 27.7. The maximum Gasteiger partial charge on any atom is 0.419 e. The first kappa shape index (κ1) is 33.5. The number of nitrogens with one attached hydrogen (secondary N) is 2. The number of benzene rings is 1. The van der Waals surface area contributed by atoms with Crippen molar-refractivity contribution in [2.24, 2.45) is 5.92 Å². The lowest BCUT2D eigenvalue weighted by Gasteiger charge is -2.41. The summed E-state index contributed by atoms with van der Waals surface area (Å²) >= 11 is 0. The zero-order valence-electron chi connectivity index (χ0n) is 26.4. The molecule has 1 unspecified atom stereocenters. The van der Waals surface area contributed by atoms with E-state index in [2.05, 4.69) is 26.8 Å². The van der Waals surface area contributed by atoms with Crippen molar-refractivity contribution in [2.75, 3.05) is 23.3 Å². The number of carbonyl (C=O) groups excluding carboxylic acids is 5. The average Bonchev–Trinajstić information content (AvgIpc) is 3.62. The van der Waals surface area contributed by atoms with Crippen molar-refractivity contribution >= 4 is 47.0 Å². The molecule has 50 heavy (non-hydrogen) atoms. The van der Waals surface area contributed by atoms with Gasteiger partial charge in [-0.3, -0.25) is 38.9 Å². The Morgan fingerprint density at radius 3 is 2.44 bits per heavy atom. The molecule has 0 spiro atoms. The molecule has 2 fully saturated rings. The van der Waals surface area contributed by atoms with Crippen molar-refractivity contribution in [1.82, 2.24) is 25.0 Å². The number of piperidine rings is 1. The van der Waals surface area contributed by atoms with E-state index in [0.717, 1.165) is 11.1 Å². The molecule has 5 amide bonds. The number of fused-ring (bicyclic) bond motifs is 1. The summed E-state index contributed by atoms with van der Waals surface area (Å²) in [6, 6.07) is 7.90. The van der Waals surface area contributed by atoms with Crippen molar-refractivity contribution in [1.29, 1.82) is 10.5 Å². The zero-order chi connectivity index (χ0) is 36.1. The fourth-order valence-corrected chi connectivity index (χ4v) is 5.91. The first-order chi connectivity index (χ1) is 23.6. The van der Waals surface area contributed by atoms with Crippen LogP contribution in [0, 0.1) is 28.6 Å². The monoisotopic (exact) mass is 685 g/mol. The molecule has 0 saturated carbocycles. The minimum absolute atomic E-state index is 0.0136. The topological polar surface area (TPSA) is 194 Å². The molecule has 5 heterocycles. The van der Waals surface area contributed by atoms with Crippen LogP contribution in [-0.2, 0) is 26.1 Å². The van der Waals surface area contributed by atoms with Gasteiger partial charge in [-0.15, -0.1) is 0 Å². The van der Waals surface area contributed by atoms with E-state index in [0.29, 0.717) is 36.0 Å². The Morgan fingerprint density at radius 1 is 1.06 bits per heavy atom. The molecule has 1 aromatic carbocycles. The van der Waals surface area contributed by atoms with Gasteiger partial charge in [0.2, 0.25) is 11.8 Å². The Bertz CT molecular complexity index is 2100. The molecular formula is C33H26F3N9O5. The smallest absolute Gasteiger partial charge is 0.370 e. The summed E-state index contributed by atoms with van der Waals surface area (Å²) in [7, 11) is 0. The second-order valence-corrected chi connectivity index (χ2v) is 12.5. The number of pyridine rings is 1. The highest BCUT2D eigenvalue weighted by Gasteiger charge is 2.45. The third-order valence-electron chi connectivity index (χ3n) is 8.85. The summed E-state index contributed by atoms with van der Waals surface area (Å²) in [6.45, 7) is 3.83. The van der Waals surface area contributed by atoms with Crippen LogP contribution in [0.3, 0.4) is 0 Å². The summed E-state index contributed by atoms with van der Waals surface area (Å²) in [4.78, 5) is 69.5. The van der Waals surface area contributed by atoms with Crippen LogP contribution in [0.4, 0.5) is 24.5 Å². The quantitative estimate of drug-likeness (QED) is 0.276. The molecule has 6 rings (SSSR count). The van der Waals surface area contributed by atoms with Gasteiger partial charge in [0.15, 0.2) is 5.69 Å². The second-order valence-electron chi connectivity index (χ2n) is 12.5. The lowest BCUT2D eigenvalue weighted by Crippen LogP contribution is -2.54. The van der Waals surface area contributed by atoms with E-state index < -0.39 is 58.6 Å². The van der Waals surface area contributed by atoms with Crippen LogP contribution in [0.25, 0.3) is 6.08 Å². The molecule has 0 bridgehead atoms. The average molecular weight is 686 g/mol. The third kappa shape index (κ3) is 5.94. The van der Waals surface area contributed by atoms with Gasteiger partial charge in [0, 0.05) is 48.4 Å². The molecule has 0 aliphatic carbocycles.